The Morgan fingerprint density at radius 3 is 2.46 bits per heavy atom. The van der Waals surface area contributed by atoms with Gasteiger partial charge in [-0.1, -0.05) is 42.0 Å². The Kier molecular flexibility index (Phi) is 4.93. The van der Waals surface area contributed by atoms with Crippen LogP contribution in [0, 0.1) is 23.0 Å². The van der Waals surface area contributed by atoms with E-state index in [1.807, 2.05) is 55.5 Å². The van der Waals surface area contributed by atoms with Gasteiger partial charge in [-0.3, -0.25) is 14.9 Å². The molecule has 1 aliphatic rings. The van der Waals surface area contributed by atoms with Gasteiger partial charge in [-0.15, -0.1) is 0 Å². The van der Waals surface area contributed by atoms with Crippen LogP contribution in [0.1, 0.15) is 29.7 Å². The third-order valence-corrected chi connectivity index (χ3v) is 4.98. The molecule has 1 amide bonds. The van der Waals surface area contributed by atoms with E-state index in [0.717, 1.165) is 22.4 Å². The van der Waals surface area contributed by atoms with Crippen molar-refractivity contribution in [2.24, 2.45) is 5.92 Å². The molecule has 0 aromatic heterocycles. The van der Waals surface area contributed by atoms with Crippen molar-refractivity contribution in [3.8, 4) is 5.75 Å². The highest BCUT2D eigenvalue weighted by Crippen LogP contribution is 2.39. The predicted octanol–water partition coefficient (Wildman–Crippen LogP) is 3.37. The van der Waals surface area contributed by atoms with Crippen LogP contribution >= 0.6 is 0 Å². The Morgan fingerprint density at radius 2 is 1.88 bits per heavy atom. The number of amides is 1. The van der Waals surface area contributed by atoms with Gasteiger partial charge in [0.2, 0.25) is 11.9 Å². The molecule has 2 aromatic carbocycles. The standard InChI is InChI=1S/C20H22N2O4/c1-13-5-4-6-16(11-13)19-18(22(24)25)14(2)20(23)21(19)12-15-7-9-17(26-3)10-8-15/h4-11,14,18-19H,12H2,1-3H3/t14?,18-,19+/m0/s1. The maximum Gasteiger partial charge on any atom is 0.248 e. The molecule has 0 bridgehead atoms. The monoisotopic (exact) mass is 354 g/mol. The second kappa shape index (κ2) is 7.15. The Morgan fingerprint density at radius 1 is 1.19 bits per heavy atom. The molecular formula is C20H22N2O4. The van der Waals surface area contributed by atoms with Crippen molar-refractivity contribution in [3.05, 3.63) is 75.3 Å². The first-order valence-corrected chi connectivity index (χ1v) is 8.56. The van der Waals surface area contributed by atoms with Crippen LogP contribution in [0.5, 0.6) is 5.75 Å². The quantitative estimate of drug-likeness (QED) is 0.609. The molecule has 1 fully saturated rings. The van der Waals surface area contributed by atoms with Gasteiger partial charge < -0.3 is 9.64 Å². The summed E-state index contributed by atoms with van der Waals surface area (Å²) >= 11 is 0. The number of nitro groups is 1. The fourth-order valence-electron chi connectivity index (χ4n) is 3.64. The number of hydrogen-bond donors (Lipinski definition) is 0. The Labute approximate surface area is 152 Å². The molecule has 3 rings (SSSR count). The zero-order valence-corrected chi connectivity index (χ0v) is 15.1. The van der Waals surface area contributed by atoms with Crippen molar-refractivity contribution in [1.29, 1.82) is 0 Å². The molecule has 2 aromatic rings. The average molecular weight is 354 g/mol. The lowest BCUT2D eigenvalue weighted by Crippen LogP contribution is -2.32. The van der Waals surface area contributed by atoms with Gasteiger partial charge >= 0.3 is 0 Å². The molecular weight excluding hydrogens is 332 g/mol. The minimum atomic E-state index is -0.956. The smallest absolute Gasteiger partial charge is 0.248 e. The highest BCUT2D eigenvalue weighted by molar-refractivity contribution is 5.82. The normalized spacial score (nSPS) is 22.5. The molecule has 0 spiro atoms. The van der Waals surface area contributed by atoms with Crippen LogP contribution in [0.15, 0.2) is 48.5 Å². The van der Waals surface area contributed by atoms with E-state index >= 15 is 0 Å². The topological polar surface area (TPSA) is 72.7 Å². The lowest BCUT2D eigenvalue weighted by molar-refractivity contribution is -0.532. The van der Waals surface area contributed by atoms with Gasteiger partial charge in [0.15, 0.2) is 0 Å². The zero-order valence-electron chi connectivity index (χ0n) is 15.1. The largest absolute Gasteiger partial charge is 0.497 e. The van der Waals surface area contributed by atoms with Crippen LogP contribution < -0.4 is 4.74 Å². The zero-order chi connectivity index (χ0) is 18.8. The molecule has 0 N–H and O–H groups in total. The molecule has 6 nitrogen and oxygen atoms in total. The van der Waals surface area contributed by atoms with Crippen molar-refractivity contribution in [2.45, 2.75) is 32.5 Å². The van der Waals surface area contributed by atoms with Crippen LogP contribution in [-0.4, -0.2) is 28.9 Å². The van der Waals surface area contributed by atoms with E-state index in [-0.39, 0.29) is 10.8 Å². The first kappa shape index (κ1) is 17.9. The molecule has 136 valence electrons. The van der Waals surface area contributed by atoms with Crippen molar-refractivity contribution >= 4 is 5.91 Å². The number of ether oxygens (including phenoxy) is 1. The fourth-order valence-corrected chi connectivity index (χ4v) is 3.64. The Hall–Kier alpha value is -2.89. The summed E-state index contributed by atoms with van der Waals surface area (Å²) in [5.74, 6) is -0.115. The first-order valence-electron chi connectivity index (χ1n) is 8.56. The third kappa shape index (κ3) is 3.27. The van der Waals surface area contributed by atoms with Crippen molar-refractivity contribution in [1.82, 2.24) is 4.90 Å². The number of rotatable bonds is 5. The van der Waals surface area contributed by atoms with Crippen LogP contribution in [0.25, 0.3) is 0 Å². The van der Waals surface area contributed by atoms with E-state index in [2.05, 4.69) is 0 Å². The maximum absolute atomic E-state index is 12.8. The van der Waals surface area contributed by atoms with Gasteiger partial charge in [-0.2, -0.15) is 0 Å². The van der Waals surface area contributed by atoms with Gasteiger partial charge in [-0.25, -0.2) is 0 Å². The molecule has 26 heavy (non-hydrogen) atoms. The highest BCUT2D eigenvalue weighted by Gasteiger charge is 2.53. The Balaban J connectivity index is 1.98. The number of carbonyl (C=O) groups is 1. The summed E-state index contributed by atoms with van der Waals surface area (Å²) in [5.41, 5.74) is 2.73. The summed E-state index contributed by atoms with van der Waals surface area (Å²) in [7, 11) is 1.59. The van der Waals surface area contributed by atoms with E-state index in [4.69, 9.17) is 4.74 Å². The highest BCUT2D eigenvalue weighted by atomic mass is 16.6. The number of likely N-dealkylation sites (tertiary alicyclic amines) is 1. The number of aryl methyl sites for hydroxylation is 1. The lowest BCUT2D eigenvalue weighted by Gasteiger charge is -2.26. The SMILES string of the molecule is COc1ccc(CN2C(=O)C(C)[C@H]([N+](=O)[O-])[C@H]2c2cccc(C)c2)cc1. The second-order valence-corrected chi connectivity index (χ2v) is 6.74. The number of hydrogen-bond acceptors (Lipinski definition) is 4. The minimum Gasteiger partial charge on any atom is -0.497 e. The van der Waals surface area contributed by atoms with Crippen LogP contribution in [0.4, 0.5) is 0 Å². The molecule has 6 heteroatoms. The molecule has 0 radical (unpaired) electrons. The summed E-state index contributed by atoms with van der Waals surface area (Å²) in [6.45, 7) is 3.92. The van der Waals surface area contributed by atoms with Gasteiger partial charge in [0.25, 0.3) is 0 Å². The molecule has 0 aliphatic carbocycles. The molecule has 0 saturated carbocycles. The summed E-state index contributed by atoms with van der Waals surface area (Å²) < 4.78 is 5.16. The number of benzene rings is 2. The van der Waals surface area contributed by atoms with Gasteiger partial charge in [0.05, 0.1) is 7.11 Å². The van der Waals surface area contributed by atoms with Crippen molar-refractivity contribution in [2.75, 3.05) is 7.11 Å². The first-order chi connectivity index (χ1) is 12.4. The molecule has 3 atom stereocenters. The van der Waals surface area contributed by atoms with Crippen molar-refractivity contribution in [3.63, 3.8) is 0 Å². The summed E-state index contributed by atoms with van der Waals surface area (Å²) in [6.07, 6.45) is 0. The number of nitrogens with zero attached hydrogens (tertiary/aromatic N) is 2. The number of carbonyl (C=O) groups excluding carboxylic acids is 1. The van der Waals surface area contributed by atoms with Gasteiger partial charge in [0.1, 0.15) is 17.7 Å². The Bertz CT molecular complexity index is 819. The van der Waals surface area contributed by atoms with E-state index in [9.17, 15) is 14.9 Å². The fraction of sp³-hybridized carbons (Fsp3) is 0.350. The third-order valence-electron chi connectivity index (χ3n) is 4.98. The van der Waals surface area contributed by atoms with E-state index in [1.54, 1.807) is 18.9 Å². The predicted molar refractivity (Wildman–Crippen MR) is 97.4 cm³/mol. The van der Waals surface area contributed by atoms with Gasteiger partial charge in [-0.05, 0) is 37.1 Å². The summed E-state index contributed by atoms with van der Waals surface area (Å²) in [6, 6.07) is 13.5. The molecule has 1 unspecified atom stereocenters. The average Bonchev–Trinajstić information content (AvgIpc) is 2.87. The lowest BCUT2D eigenvalue weighted by atomic mass is 9.94. The van der Waals surface area contributed by atoms with Crippen LogP contribution in [0.3, 0.4) is 0 Å². The molecule has 1 heterocycles. The second-order valence-electron chi connectivity index (χ2n) is 6.74. The van der Waals surface area contributed by atoms with E-state index in [1.165, 1.54) is 0 Å². The van der Waals surface area contributed by atoms with E-state index in [0.29, 0.717) is 6.54 Å². The van der Waals surface area contributed by atoms with Crippen LogP contribution in [-0.2, 0) is 11.3 Å². The molecule has 1 saturated heterocycles. The maximum atomic E-state index is 12.8. The minimum absolute atomic E-state index is 0.186. The summed E-state index contributed by atoms with van der Waals surface area (Å²) in [4.78, 5) is 25.8. The molecule has 1 aliphatic heterocycles. The number of methoxy groups -OCH3 is 1. The summed E-state index contributed by atoms with van der Waals surface area (Å²) in [5, 5.41) is 11.7. The van der Waals surface area contributed by atoms with Gasteiger partial charge in [0, 0.05) is 11.5 Å². The van der Waals surface area contributed by atoms with Crippen molar-refractivity contribution < 1.29 is 14.5 Å². The van der Waals surface area contributed by atoms with Crippen LogP contribution in [0.2, 0.25) is 0 Å². The van der Waals surface area contributed by atoms with E-state index < -0.39 is 18.0 Å².